The Labute approximate surface area is 137 Å². The SMILES string of the molecule is CCCC(O)[C@]1(S(=O)(=O)c2ccccc2)C[C@H]1c1ccccc1. The summed E-state index contributed by atoms with van der Waals surface area (Å²) < 4.78 is 25.4. The molecule has 1 saturated carbocycles. The van der Waals surface area contributed by atoms with Crippen LogP contribution in [0.1, 0.15) is 37.7 Å². The number of rotatable bonds is 6. The molecule has 0 bridgehead atoms. The van der Waals surface area contributed by atoms with Crippen molar-refractivity contribution in [3.63, 3.8) is 0 Å². The fraction of sp³-hybridized carbons (Fsp3) is 0.368. The van der Waals surface area contributed by atoms with Gasteiger partial charge in [-0.2, -0.15) is 0 Å². The summed E-state index contributed by atoms with van der Waals surface area (Å²) in [6.07, 6.45) is 0.891. The minimum absolute atomic E-state index is 0.143. The summed E-state index contributed by atoms with van der Waals surface area (Å²) in [5.74, 6) is -0.143. The monoisotopic (exact) mass is 330 g/mol. The lowest BCUT2D eigenvalue weighted by molar-refractivity contribution is 0.147. The van der Waals surface area contributed by atoms with Gasteiger partial charge >= 0.3 is 0 Å². The minimum atomic E-state index is -3.60. The van der Waals surface area contributed by atoms with Gasteiger partial charge in [0.2, 0.25) is 0 Å². The molecule has 0 aromatic heterocycles. The maximum Gasteiger partial charge on any atom is 0.187 e. The van der Waals surface area contributed by atoms with Gasteiger partial charge in [-0.3, -0.25) is 0 Å². The van der Waals surface area contributed by atoms with Crippen LogP contribution in [-0.4, -0.2) is 24.4 Å². The van der Waals surface area contributed by atoms with Crippen LogP contribution in [0.4, 0.5) is 0 Å². The second-order valence-electron chi connectivity index (χ2n) is 6.24. The highest BCUT2D eigenvalue weighted by Gasteiger charge is 2.67. The standard InChI is InChI=1S/C19H22O3S/c1-2-9-18(20)19(14-17(19)15-10-5-3-6-11-15)23(21,22)16-12-7-4-8-13-16/h3-8,10-13,17-18,20H,2,9,14H2,1H3/t17-,18?,19-/m0/s1. The van der Waals surface area contributed by atoms with Gasteiger partial charge < -0.3 is 5.11 Å². The molecular formula is C19H22O3S. The number of hydrogen-bond donors (Lipinski definition) is 1. The van der Waals surface area contributed by atoms with Crippen molar-refractivity contribution >= 4 is 9.84 Å². The lowest BCUT2D eigenvalue weighted by Crippen LogP contribution is -2.38. The zero-order chi connectivity index (χ0) is 16.5. The molecule has 1 unspecified atom stereocenters. The first-order valence-electron chi connectivity index (χ1n) is 8.06. The quantitative estimate of drug-likeness (QED) is 0.881. The van der Waals surface area contributed by atoms with Crippen molar-refractivity contribution in [2.45, 2.75) is 47.9 Å². The van der Waals surface area contributed by atoms with Gasteiger partial charge in [0, 0.05) is 5.92 Å². The third-order valence-electron chi connectivity index (χ3n) is 4.83. The molecule has 0 saturated heterocycles. The number of aliphatic hydroxyl groups excluding tert-OH is 1. The number of hydrogen-bond acceptors (Lipinski definition) is 3. The smallest absolute Gasteiger partial charge is 0.187 e. The van der Waals surface area contributed by atoms with Gasteiger partial charge in [0.1, 0.15) is 4.75 Å². The molecule has 1 aliphatic carbocycles. The first-order chi connectivity index (χ1) is 11.0. The van der Waals surface area contributed by atoms with E-state index in [0.29, 0.717) is 17.7 Å². The molecule has 23 heavy (non-hydrogen) atoms. The van der Waals surface area contributed by atoms with Gasteiger partial charge in [0.05, 0.1) is 11.0 Å². The van der Waals surface area contributed by atoms with Crippen molar-refractivity contribution in [1.82, 2.24) is 0 Å². The normalized spacial score (nSPS) is 25.0. The second-order valence-corrected chi connectivity index (χ2v) is 8.48. The van der Waals surface area contributed by atoms with E-state index in [1.54, 1.807) is 30.3 Å². The van der Waals surface area contributed by atoms with Crippen molar-refractivity contribution in [1.29, 1.82) is 0 Å². The minimum Gasteiger partial charge on any atom is -0.391 e. The van der Waals surface area contributed by atoms with E-state index in [-0.39, 0.29) is 5.92 Å². The van der Waals surface area contributed by atoms with Crippen LogP contribution in [-0.2, 0) is 9.84 Å². The maximum absolute atomic E-state index is 13.3. The Hall–Kier alpha value is -1.65. The van der Waals surface area contributed by atoms with Gasteiger partial charge in [-0.1, -0.05) is 61.9 Å². The Bertz CT molecular complexity index is 756. The zero-order valence-electron chi connectivity index (χ0n) is 13.2. The molecule has 1 N–H and O–H groups in total. The summed E-state index contributed by atoms with van der Waals surface area (Å²) in [5.41, 5.74) is 0.988. The molecule has 122 valence electrons. The van der Waals surface area contributed by atoms with E-state index in [0.717, 1.165) is 12.0 Å². The van der Waals surface area contributed by atoms with Crippen molar-refractivity contribution in [2.24, 2.45) is 0 Å². The first kappa shape index (κ1) is 16.2. The third-order valence-corrected chi connectivity index (χ3v) is 7.45. The van der Waals surface area contributed by atoms with E-state index in [9.17, 15) is 13.5 Å². The molecule has 4 heteroatoms. The highest BCUT2D eigenvalue weighted by Crippen LogP contribution is 2.61. The number of sulfone groups is 1. The third kappa shape index (κ3) is 2.60. The Morgan fingerprint density at radius 2 is 1.65 bits per heavy atom. The Kier molecular flexibility index (Phi) is 4.30. The highest BCUT2D eigenvalue weighted by molar-refractivity contribution is 7.93. The van der Waals surface area contributed by atoms with Gasteiger partial charge in [-0.05, 0) is 30.5 Å². The molecule has 0 spiro atoms. The topological polar surface area (TPSA) is 54.4 Å². The fourth-order valence-electron chi connectivity index (χ4n) is 3.53. The summed E-state index contributed by atoms with van der Waals surface area (Å²) in [6, 6.07) is 18.2. The predicted molar refractivity (Wildman–Crippen MR) is 91.1 cm³/mol. The molecule has 3 nitrogen and oxygen atoms in total. The van der Waals surface area contributed by atoms with Crippen LogP contribution in [0.25, 0.3) is 0 Å². The van der Waals surface area contributed by atoms with E-state index in [2.05, 4.69) is 0 Å². The molecule has 0 heterocycles. The van der Waals surface area contributed by atoms with Crippen LogP contribution in [0.15, 0.2) is 65.6 Å². The number of aliphatic hydroxyl groups is 1. The second kappa shape index (κ2) is 6.10. The lowest BCUT2D eigenvalue weighted by atomic mass is 10.0. The molecule has 1 aliphatic rings. The zero-order valence-corrected chi connectivity index (χ0v) is 14.0. The van der Waals surface area contributed by atoms with Crippen molar-refractivity contribution in [2.75, 3.05) is 0 Å². The Morgan fingerprint density at radius 3 is 2.22 bits per heavy atom. The van der Waals surface area contributed by atoms with E-state index in [1.165, 1.54) is 0 Å². The van der Waals surface area contributed by atoms with Crippen LogP contribution in [0.2, 0.25) is 0 Å². The molecule has 0 radical (unpaired) electrons. The summed E-state index contributed by atoms with van der Waals surface area (Å²) in [4.78, 5) is 0.300. The van der Waals surface area contributed by atoms with Crippen molar-refractivity contribution in [3.05, 3.63) is 66.2 Å². The molecule has 3 atom stereocenters. The van der Waals surface area contributed by atoms with Gasteiger partial charge in [0.15, 0.2) is 9.84 Å². The van der Waals surface area contributed by atoms with Crippen LogP contribution in [0.3, 0.4) is 0 Å². The average Bonchev–Trinajstić information content (AvgIpc) is 3.34. The molecular weight excluding hydrogens is 308 g/mol. The summed E-state index contributed by atoms with van der Waals surface area (Å²) in [6.45, 7) is 1.96. The highest BCUT2D eigenvalue weighted by atomic mass is 32.2. The molecule has 2 aromatic rings. The van der Waals surface area contributed by atoms with E-state index >= 15 is 0 Å². The number of benzene rings is 2. The Balaban J connectivity index is 2.05. The first-order valence-corrected chi connectivity index (χ1v) is 9.55. The van der Waals surface area contributed by atoms with Gasteiger partial charge in [0.25, 0.3) is 0 Å². The van der Waals surface area contributed by atoms with E-state index in [4.69, 9.17) is 0 Å². The summed E-state index contributed by atoms with van der Waals surface area (Å²) in [5, 5.41) is 10.7. The van der Waals surface area contributed by atoms with Gasteiger partial charge in [-0.15, -0.1) is 0 Å². The van der Waals surface area contributed by atoms with Crippen molar-refractivity contribution < 1.29 is 13.5 Å². The van der Waals surface area contributed by atoms with Crippen LogP contribution >= 0.6 is 0 Å². The van der Waals surface area contributed by atoms with Crippen LogP contribution in [0, 0.1) is 0 Å². The van der Waals surface area contributed by atoms with E-state index < -0.39 is 20.7 Å². The summed E-state index contributed by atoms with van der Waals surface area (Å²) >= 11 is 0. The molecule has 0 amide bonds. The fourth-order valence-corrected chi connectivity index (χ4v) is 5.85. The lowest BCUT2D eigenvalue weighted by Gasteiger charge is -2.24. The average molecular weight is 330 g/mol. The largest absolute Gasteiger partial charge is 0.391 e. The van der Waals surface area contributed by atoms with Gasteiger partial charge in [-0.25, -0.2) is 8.42 Å². The molecule has 2 aromatic carbocycles. The molecule has 0 aliphatic heterocycles. The van der Waals surface area contributed by atoms with Crippen molar-refractivity contribution in [3.8, 4) is 0 Å². The molecule has 1 fully saturated rings. The molecule has 3 rings (SSSR count). The van der Waals surface area contributed by atoms with Crippen LogP contribution in [0.5, 0.6) is 0 Å². The van der Waals surface area contributed by atoms with E-state index in [1.807, 2.05) is 37.3 Å². The van der Waals surface area contributed by atoms with Crippen LogP contribution < -0.4 is 0 Å². The Morgan fingerprint density at radius 1 is 1.09 bits per heavy atom. The summed E-state index contributed by atoms with van der Waals surface area (Å²) in [7, 11) is -3.60. The maximum atomic E-state index is 13.3. The predicted octanol–water partition coefficient (Wildman–Crippen LogP) is 3.55.